The number of barbiturate groups is 1. The Morgan fingerprint density at radius 3 is 2.56 bits per heavy atom. The smallest absolute Gasteiger partial charge is 0.330 e. The van der Waals surface area contributed by atoms with Crippen LogP contribution in [0.25, 0.3) is 0 Å². The van der Waals surface area contributed by atoms with Gasteiger partial charge in [0.1, 0.15) is 5.92 Å². The van der Waals surface area contributed by atoms with Gasteiger partial charge in [-0.3, -0.25) is 24.6 Å². The van der Waals surface area contributed by atoms with E-state index in [0.717, 1.165) is 4.90 Å². The van der Waals surface area contributed by atoms with Gasteiger partial charge in [0, 0.05) is 13.0 Å². The van der Waals surface area contributed by atoms with Crippen LogP contribution in [-0.4, -0.2) is 35.2 Å². The lowest BCUT2D eigenvalue weighted by molar-refractivity contribution is -0.142. The number of carbonyl (C=O) groups excluding carboxylic acids is 4. The fourth-order valence-electron chi connectivity index (χ4n) is 1.80. The quantitative estimate of drug-likeness (QED) is 0.503. The second-order valence-electron chi connectivity index (χ2n) is 4.17. The highest BCUT2D eigenvalue weighted by Gasteiger charge is 2.38. The van der Waals surface area contributed by atoms with Gasteiger partial charge in [0.25, 0.3) is 0 Å². The van der Waals surface area contributed by atoms with Crippen molar-refractivity contribution in [1.82, 2.24) is 10.2 Å². The van der Waals surface area contributed by atoms with Crippen molar-refractivity contribution in [2.75, 3.05) is 6.54 Å². The maximum atomic E-state index is 11.9. The fraction of sp³-hybridized carbons (Fsp3) is 0.636. The predicted octanol–water partition coefficient (Wildman–Crippen LogP) is -0.253. The molecule has 0 aromatic rings. The summed E-state index contributed by atoms with van der Waals surface area (Å²) in [6.07, 6.45) is 1.58. The highest BCUT2D eigenvalue weighted by atomic mass is 16.2. The van der Waals surface area contributed by atoms with E-state index in [-0.39, 0.29) is 13.0 Å². The van der Waals surface area contributed by atoms with Gasteiger partial charge in [-0.1, -0.05) is 6.92 Å². The number of unbranched alkanes of at least 4 members (excludes halogenated alkanes) is 1. The number of urea groups is 1. The maximum absolute atomic E-state index is 11.9. The first-order valence-corrected chi connectivity index (χ1v) is 5.91. The molecule has 1 fully saturated rings. The predicted molar refractivity (Wildman–Crippen MR) is 62.1 cm³/mol. The topological polar surface area (TPSA) is 110 Å². The van der Waals surface area contributed by atoms with Crippen LogP contribution < -0.4 is 11.1 Å². The van der Waals surface area contributed by atoms with Crippen molar-refractivity contribution >= 4 is 23.8 Å². The first kappa shape index (κ1) is 14.1. The van der Waals surface area contributed by atoms with Crippen LogP contribution in [0.5, 0.6) is 0 Å². The molecule has 0 saturated carbocycles. The van der Waals surface area contributed by atoms with Gasteiger partial charge < -0.3 is 5.73 Å². The zero-order valence-electron chi connectivity index (χ0n) is 10.3. The maximum Gasteiger partial charge on any atom is 0.330 e. The Morgan fingerprint density at radius 2 is 2.00 bits per heavy atom. The molecule has 18 heavy (non-hydrogen) atoms. The molecule has 0 spiro atoms. The van der Waals surface area contributed by atoms with Gasteiger partial charge in [-0.2, -0.15) is 0 Å². The minimum absolute atomic E-state index is 0.196. The van der Waals surface area contributed by atoms with Crippen molar-refractivity contribution in [3.05, 3.63) is 0 Å². The van der Waals surface area contributed by atoms with E-state index in [1.165, 1.54) is 0 Å². The second-order valence-corrected chi connectivity index (χ2v) is 4.17. The van der Waals surface area contributed by atoms with E-state index in [4.69, 9.17) is 5.73 Å². The van der Waals surface area contributed by atoms with Crippen LogP contribution in [0.2, 0.25) is 0 Å². The van der Waals surface area contributed by atoms with E-state index in [1.54, 1.807) is 6.92 Å². The van der Waals surface area contributed by atoms with Gasteiger partial charge in [-0.15, -0.1) is 0 Å². The van der Waals surface area contributed by atoms with Crippen LogP contribution in [-0.2, 0) is 14.4 Å². The third-order valence-corrected chi connectivity index (χ3v) is 2.82. The average Bonchev–Trinajstić information content (AvgIpc) is 2.27. The molecule has 7 nitrogen and oxygen atoms in total. The van der Waals surface area contributed by atoms with E-state index in [1.807, 2.05) is 0 Å². The van der Waals surface area contributed by atoms with Crippen LogP contribution in [0.4, 0.5) is 4.79 Å². The Hall–Kier alpha value is -1.92. The summed E-state index contributed by atoms with van der Waals surface area (Å²) in [5.74, 6) is -2.21. The molecule has 0 aromatic heterocycles. The molecule has 7 heteroatoms. The summed E-state index contributed by atoms with van der Waals surface area (Å²) in [5, 5.41) is 2.15. The van der Waals surface area contributed by atoms with Gasteiger partial charge in [0.15, 0.2) is 0 Å². The number of nitrogens with zero attached hydrogens (tertiary/aromatic N) is 1. The Labute approximate surface area is 105 Å². The Kier molecular flexibility index (Phi) is 4.82. The minimum Gasteiger partial charge on any atom is -0.370 e. The van der Waals surface area contributed by atoms with E-state index < -0.39 is 29.7 Å². The van der Waals surface area contributed by atoms with Gasteiger partial charge in [0.2, 0.25) is 17.7 Å². The molecule has 1 unspecified atom stereocenters. The molecule has 100 valence electrons. The van der Waals surface area contributed by atoms with Crippen molar-refractivity contribution in [3.63, 3.8) is 0 Å². The summed E-state index contributed by atoms with van der Waals surface area (Å²) in [4.78, 5) is 46.3. The standard InChI is InChI=1S/C11H17N3O4/c1-2-7-9(16)13-11(18)14(10(7)17)6-4-3-5-8(12)15/h7H,2-6H2,1H3,(H2,12,15)(H,13,16,18). The minimum atomic E-state index is -0.793. The summed E-state index contributed by atoms with van der Waals surface area (Å²) in [7, 11) is 0. The number of carbonyl (C=O) groups is 4. The third kappa shape index (κ3) is 3.28. The molecule has 1 heterocycles. The average molecular weight is 255 g/mol. The largest absolute Gasteiger partial charge is 0.370 e. The molecule has 3 N–H and O–H groups in total. The van der Waals surface area contributed by atoms with Crippen LogP contribution in [0.3, 0.4) is 0 Å². The van der Waals surface area contributed by atoms with Gasteiger partial charge in [0.05, 0.1) is 0 Å². The fourth-order valence-corrected chi connectivity index (χ4v) is 1.80. The molecule has 1 rings (SSSR count). The number of amides is 5. The van der Waals surface area contributed by atoms with Crippen molar-refractivity contribution in [3.8, 4) is 0 Å². The Bertz CT molecular complexity index is 380. The number of primary amides is 1. The lowest BCUT2D eigenvalue weighted by Gasteiger charge is -2.29. The summed E-state index contributed by atoms with van der Waals surface area (Å²) in [6, 6.07) is -0.686. The number of nitrogens with two attached hydrogens (primary N) is 1. The first-order chi connectivity index (χ1) is 8.47. The van der Waals surface area contributed by atoms with Crippen molar-refractivity contribution in [1.29, 1.82) is 0 Å². The molecule has 0 aromatic carbocycles. The van der Waals surface area contributed by atoms with Crippen LogP contribution in [0.1, 0.15) is 32.6 Å². The van der Waals surface area contributed by atoms with E-state index in [9.17, 15) is 19.2 Å². The SMILES string of the molecule is CCC1C(=O)NC(=O)N(CCCCC(N)=O)C1=O. The lowest BCUT2D eigenvalue weighted by atomic mass is 10.0. The van der Waals surface area contributed by atoms with Crippen LogP contribution in [0, 0.1) is 5.92 Å². The molecular weight excluding hydrogens is 238 g/mol. The van der Waals surface area contributed by atoms with Crippen molar-refractivity contribution < 1.29 is 19.2 Å². The lowest BCUT2D eigenvalue weighted by Crippen LogP contribution is -2.57. The van der Waals surface area contributed by atoms with E-state index in [0.29, 0.717) is 19.3 Å². The monoisotopic (exact) mass is 255 g/mol. The van der Waals surface area contributed by atoms with Crippen LogP contribution >= 0.6 is 0 Å². The van der Waals surface area contributed by atoms with Crippen molar-refractivity contribution in [2.24, 2.45) is 11.7 Å². The van der Waals surface area contributed by atoms with Crippen molar-refractivity contribution in [2.45, 2.75) is 32.6 Å². The highest BCUT2D eigenvalue weighted by Crippen LogP contribution is 2.14. The van der Waals surface area contributed by atoms with E-state index in [2.05, 4.69) is 5.32 Å². The molecule has 0 aliphatic carbocycles. The summed E-state index contributed by atoms with van der Waals surface area (Å²) in [6.45, 7) is 1.91. The van der Waals surface area contributed by atoms with Gasteiger partial charge >= 0.3 is 6.03 Å². The molecule has 0 bridgehead atoms. The molecule has 0 radical (unpaired) electrons. The zero-order chi connectivity index (χ0) is 13.7. The molecule has 5 amide bonds. The molecule has 1 aliphatic heterocycles. The number of hydrogen-bond acceptors (Lipinski definition) is 4. The molecule has 1 atom stereocenters. The summed E-state index contributed by atoms with van der Waals surface area (Å²) in [5.41, 5.74) is 4.98. The molecular formula is C11H17N3O4. The Balaban J connectivity index is 2.53. The number of imide groups is 2. The van der Waals surface area contributed by atoms with E-state index >= 15 is 0 Å². The van der Waals surface area contributed by atoms with Crippen LogP contribution in [0.15, 0.2) is 0 Å². The summed E-state index contributed by atoms with van der Waals surface area (Å²) < 4.78 is 0. The van der Waals surface area contributed by atoms with Gasteiger partial charge in [-0.25, -0.2) is 4.79 Å². The number of nitrogens with one attached hydrogen (secondary N) is 1. The highest BCUT2D eigenvalue weighted by molar-refractivity contribution is 6.16. The molecule has 1 aliphatic rings. The Morgan fingerprint density at radius 1 is 1.33 bits per heavy atom. The number of hydrogen-bond donors (Lipinski definition) is 2. The number of rotatable bonds is 6. The normalized spacial score (nSPS) is 19.9. The molecule has 1 saturated heterocycles. The zero-order valence-corrected chi connectivity index (χ0v) is 10.3. The summed E-state index contributed by atoms with van der Waals surface area (Å²) >= 11 is 0. The van der Waals surface area contributed by atoms with Gasteiger partial charge in [-0.05, 0) is 19.3 Å². The second kappa shape index (κ2) is 6.13. The third-order valence-electron chi connectivity index (χ3n) is 2.82. The first-order valence-electron chi connectivity index (χ1n) is 5.91.